The maximum Gasteiger partial charge on any atom is 0.258 e. The maximum atomic E-state index is 5.38. The highest BCUT2D eigenvalue weighted by molar-refractivity contribution is 7.18. The summed E-state index contributed by atoms with van der Waals surface area (Å²) in [5, 5.41) is 5.14. The number of benzene rings is 1. The lowest BCUT2D eigenvalue weighted by molar-refractivity contribution is 0.192. The van der Waals surface area contributed by atoms with Gasteiger partial charge in [0.15, 0.2) is 5.82 Å². The molecule has 1 saturated heterocycles. The smallest absolute Gasteiger partial charge is 0.258 e. The summed E-state index contributed by atoms with van der Waals surface area (Å²) in [6.45, 7) is 3.47. The fourth-order valence-corrected chi connectivity index (χ4v) is 3.24. The second-order valence-corrected chi connectivity index (χ2v) is 6.17. The van der Waals surface area contributed by atoms with Gasteiger partial charge < -0.3 is 9.26 Å². The van der Waals surface area contributed by atoms with Crippen molar-refractivity contribution in [3.8, 4) is 11.5 Å². The van der Waals surface area contributed by atoms with Crippen LogP contribution in [0.3, 0.4) is 0 Å². The molecule has 0 aliphatic carbocycles. The van der Waals surface area contributed by atoms with Crippen LogP contribution in [0.1, 0.15) is 23.2 Å². The van der Waals surface area contributed by atoms with Crippen molar-refractivity contribution in [2.24, 2.45) is 0 Å². The van der Waals surface area contributed by atoms with Crippen molar-refractivity contribution in [2.75, 3.05) is 13.2 Å². The van der Waals surface area contributed by atoms with Crippen molar-refractivity contribution in [2.45, 2.75) is 19.3 Å². The second-order valence-electron chi connectivity index (χ2n) is 4.93. The summed E-state index contributed by atoms with van der Waals surface area (Å²) >= 11 is 1.69. The van der Waals surface area contributed by atoms with Crippen LogP contribution in [0.15, 0.2) is 22.7 Å². The van der Waals surface area contributed by atoms with Crippen LogP contribution >= 0.6 is 11.3 Å². The summed E-state index contributed by atoms with van der Waals surface area (Å²) in [6.07, 6.45) is 0.962. The molecule has 3 aromatic rings. The molecule has 0 N–H and O–H groups in total. The van der Waals surface area contributed by atoms with Crippen LogP contribution in [0, 0.1) is 6.92 Å². The Bertz CT molecular complexity index is 759. The summed E-state index contributed by atoms with van der Waals surface area (Å²) in [5.41, 5.74) is 1.90. The summed E-state index contributed by atoms with van der Waals surface area (Å²) < 4.78 is 11.9. The van der Waals surface area contributed by atoms with E-state index in [4.69, 9.17) is 9.26 Å². The van der Waals surface area contributed by atoms with Crippen molar-refractivity contribution < 1.29 is 9.26 Å². The lowest BCUT2D eigenvalue weighted by atomic mass is 10.1. The van der Waals surface area contributed by atoms with E-state index in [2.05, 4.69) is 21.2 Å². The predicted octanol–water partition coefficient (Wildman–Crippen LogP) is 3.16. The van der Waals surface area contributed by atoms with Crippen LogP contribution in [-0.4, -0.2) is 28.3 Å². The monoisotopic (exact) mass is 287 g/mol. The van der Waals surface area contributed by atoms with E-state index < -0.39 is 0 Å². The molecule has 5 nitrogen and oxygen atoms in total. The third-order valence-electron chi connectivity index (χ3n) is 3.48. The van der Waals surface area contributed by atoms with Crippen molar-refractivity contribution in [1.29, 1.82) is 0 Å². The number of nitrogens with zero attached hydrogens (tertiary/aromatic N) is 3. The molecule has 1 fully saturated rings. The Morgan fingerprint density at radius 2 is 2.25 bits per heavy atom. The van der Waals surface area contributed by atoms with E-state index in [1.807, 2.05) is 19.1 Å². The first-order chi connectivity index (χ1) is 9.79. The summed E-state index contributed by atoms with van der Waals surface area (Å²) in [4.78, 5) is 8.99. The van der Waals surface area contributed by atoms with E-state index in [-0.39, 0.29) is 5.92 Å². The van der Waals surface area contributed by atoms with Crippen molar-refractivity contribution in [1.82, 2.24) is 15.1 Å². The second kappa shape index (κ2) is 4.64. The van der Waals surface area contributed by atoms with Crippen LogP contribution in [0.4, 0.5) is 0 Å². The van der Waals surface area contributed by atoms with Crippen molar-refractivity contribution in [3.63, 3.8) is 0 Å². The molecule has 0 bridgehead atoms. The van der Waals surface area contributed by atoms with Crippen LogP contribution in [-0.2, 0) is 4.74 Å². The molecule has 20 heavy (non-hydrogen) atoms. The third-order valence-corrected chi connectivity index (χ3v) is 4.43. The molecule has 1 aromatic carbocycles. The van der Waals surface area contributed by atoms with E-state index in [1.165, 1.54) is 4.70 Å². The minimum atomic E-state index is 0.262. The van der Waals surface area contributed by atoms with Crippen LogP contribution in [0.2, 0.25) is 0 Å². The van der Waals surface area contributed by atoms with Gasteiger partial charge in [-0.2, -0.15) is 4.98 Å². The van der Waals surface area contributed by atoms with E-state index in [0.29, 0.717) is 12.5 Å². The van der Waals surface area contributed by atoms with Gasteiger partial charge in [0.05, 0.1) is 21.8 Å². The van der Waals surface area contributed by atoms with E-state index in [0.717, 1.165) is 34.9 Å². The van der Waals surface area contributed by atoms with Gasteiger partial charge in [0, 0.05) is 18.1 Å². The molecule has 102 valence electrons. The zero-order chi connectivity index (χ0) is 13.5. The molecule has 1 aliphatic rings. The zero-order valence-corrected chi connectivity index (χ0v) is 11.8. The number of aromatic nitrogens is 3. The number of rotatable bonds is 2. The summed E-state index contributed by atoms with van der Waals surface area (Å²) in [7, 11) is 0. The lowest BCUT2D eigenvalue weighted by Gasteiger charge is -1.97. The molecule has 3 heterocycles. The largest absolute Gasteiger partial charge is 0.381 e. The number of hydrogen-bond donors (Lipinski definition) is 0. The molecule has 2 aromatic heterocycles. The van der Waals surface area contributed by atoms with Gasteiger partial charge in [-0.1, -0.05) is 5.16 Å². The Morgan fingerprint density at radius 3 is 3.10 bits per heavy atom. The van der Waals surface area contributed by atoms with E-state index in [9.17, 15) is 0 Å². The molecule has 0 amide bonds. The zero-order valence-electron chi connectivity index (χ0n) is 11.0. The van der Waals surface area contributed by atoms with Crippen molar-refractivity contribution >= 4 is 21.6 Å². The molecule has 4 rings (SSSR count). The Hall–Kier alpha value is -1.79. The molecule has 6 heteroatoms. The summed E-state index contributed by atoms with van der Waals surface area (Å²) in [6, 6.07) is 6.06. The standard InChI is InChI=1S/C14H13N3O2S/c1-8-15-11-6-9(2-3-12(11)20-8)14-16-13(17-19-14)10-4-5-18-7-10/h2-3,6,10H,4-5,7H2,1H3/t10-/m1/s1. The quantitative estimate of drug-likeness (QED) is 0.724. The van der Waals surface area contributed by atoms with Gasteiger partial charge in [0.25, 0.3) is 5.89 Å². The minimum absolute atomic E-state index is 0.262. The Labute approximate surface area is 119 Å². The molecule has 0 spiro atoms. The van der Waals surface area contributed by atoms with Gasteiger partial charge in [0.2, 0.25) is 0 Å². The molecule has 0 unspecified atom stereocenters. The Balaban J connectivity index is 1.71. The van der Waals surface area contributed by atoms with Crippen LogP contribution in [0.25, 0.3) is 21.7 Å². The highest BCUT2D eigenvalue weighted by atomic mass is 32.1. The van der Waals surface area contributed by atoms with Gasteiger partial charge in [0.1, 0.15) is 0 Å². The number of hydrogen-bond acceptors (Lipinski definition) is 6. The topological polar surface area (TPSA) is 61.0 Å². The molecule has 0 radical (unpaired) electrons. The lowest BCUT2D eigenvalue weighted by Crippen LogP contribution is -1.99. The van der Waals surface area contributed by atoms with Gasteiger partial charge in [-0.25, -0.2) is 4.98 Å². The SMILES string of the molecule is Cc1nc2cc(-c3nc([C@@H]4CCOC4)no3)ccc2s1. The number of thiazole rings is 1. The highest BCUT2D eigenvalue weighted by Crippen LogP contribution is 2.29. The number of fused-ring (bicyclic) bond motifs is 1. The first kappa shape index (κ1) is 12.0. The maximum absolute atomic E-state index is 5.38. The van der Waals surface area contributed by atoms with Gasteiger partial charge >= 0.3 is 0 Å². The first-order valence-electron chi connectivity index (χ1n) is 6.58. The van der Waals surface area contributed by atoms with Gasteiger partial charge in [-0.3, -0.25) is 0 Å². The Kier molecular flexibility index (Phi) is 2.78. The molecule has 0 saturated carbocycles. The van der Waals surface area contributed by atoms with Crippen molar-refractivity contribution in [3.05, 3.63) is 29.0 Å². The van der Waals surface area contributed by atoms with E-state index in [1.54, 1.807) is 11.3 Å². The molecule has 1 atom stereocenters. The number of ether oxygens (including phenoxy) is 1. The molecule has 1 aliphatic heterocycles. The highest BCUT2D eigenvalue weighted by Gasteiger charge is 2.23. The van der Waals surface area contributed by atoms with Crippen LogP contribution < -0.4 is 0 Å². The normalized spacial score (nSPS) is 18.9. The van der Waals surface area contributed by atoms with Gasteiger partial charge in [-0.15, -0.1) is 11.3 Å². The fraction of sp³-hybridized carbons (Fsp3) is 0.357. The minimum Gasteiger partial charge on any atom is -0.381 e. The van der Waals surface area contributed by atoms with Gasteiger partial charge in [-0.05, 0) is 31.5 Å². The van der Waals surface area contributed by atoms with Crippen LogP contribution in [0.5, 0.6) is 0 Å². The Morgan fingerprint density at radius 1 is 1.30 bits per heavy atom. The molecular weight excluding hydrogens is 274 g/mol. The first-order valence-corrected chi connectivity index (χ1v) is 7.40. The average molecular weight is 287 g/mol. The summed E-state index contributed by atoms with van der Waals surface area (Å²) in [5.74, 6) is 1.56. The van der Waals surface area contributed by atoms with E-state index >= 15 is 0 Å². The fourth-order valence-electron chi connectivity index (χ4n) is 2.43. The third kappa shape index (κ3) is 2.01. The predicted molar refractivity (Wildman–Crippen MR) is 75.8 cm³/mol. The number of aryl methyl sites for hydroxylation is 1. The molecular formula is C14H13N3O2S. The average Bonchev–Trinajstić information content (AvgIpc) is 3.17.